The van der Waals surface area contributed by atoms with E-state index in [0.29, 0.717) is 32.2 Å². The Morgan fingerprint density at radius 1 is 1.13 bits per heavy atom. The number of rotatable bonds is 14. The Morgan fingerprint density at radius 3 is 2.42 bits per heavy atom. The molecule has 38 heavy (non-hydrogen) atoms. The largest absolute Gasteiger partial charge is 0.346 e. The van der Waals surface area contributed by atoms with Gasteiger partial charge in [-0.25, -0.2) is 0 Å². The molecule has 0 bridgehead atoms. The van der Waals surface area contributed by atoms with Gasteiger partial charge in [-0.05, 0) is 37.2 Å². The van der Waals surface area contributed by atoms with Gasteiger partial charge in [0.05, 0.1) is 12.1 Å². The van der Waals surface area contributed by atoms with Crippen molar-refractivity contribution in [3.05, 3.63) is 48.6 Å². The fourth-order valence-electron chi connectivity index (χ4n) is 4.45. The van der Waals surface area contributed by atoms with Gasteiger partial charge in [-0.15, -0.1) is 6.58 Å². The zero-order valence-electron chi connectivity index (χ0n) is 22.6. The van der Waals surface area contributed by atoms with Crippen LogP contribution in [0.1, 0.15) is 52.0 Å². The molecule has 1 aromatic rings. The molecular weight excluding hydrogens is 486 g/mol. The lowest BCUT2D eigenvalue weighted by Gasteiger charge is -2.31. The maximum absolute atomic E-state index is 13.5. The van der Waals surface area contributed by atoms with E-state index in [9.17, 15) is 24.0 Å². The number of carbonyl (C=O) groups excluding carboxylic acids is 5. The molecule has 10 nitrogen and oxygen atoms in total. The minimum Gasteiger partial charge on any atom is -0.346 e. The normalized spacial score (nSPS) is 17.3. The minimum absolute atomic E-state index is 0.138. The molecule has 0 radical (unpaired) electrons. The Hall–Kier alpha value is -3.53. The third-order valence-electron chi connectivity index (χ3n) is 6.55. The molecule has 1 aromatic carbocycles. The van der Waals surface area contributed by atoms with Gasteiger partial charge in [-0.1, -0.05) is 63.6 Å². The Balaban J connectivity index is 2.09. The summed E-state index contributed by atoms with van der Waals surface area (Å²) in [5.74, 6) is -3.09. The van der Waals surface area contributed by atoms with Crippen molar-refractivity contribution >= 4 is 29.4 Å². The van der Waals surface area contributed by atoms with Crippen molar-refractivity contribution in [1.82, 2.24) is 20.9 Å². The number of nitrogens with zero attached hydrogens (tertiary/aromatic N) is 1. The van der Waals surface area contributed by atoms with Gasteiger partial charge in [0.25, 0.3) is 5.91 Å². The van der Waals surface area contributed by atoms with Crippen LogP contribution in [0.25, 0.3) is 0 Å². The molecule has 4 atom stereocenters. The van der Waals surface area contributed by atoms with Crippen molar-refractivity contribution in [3.8, 4) is 0 Å². The average molecular weight is 528 g/mol. The van der Waals surface area contributed by atoms with Crippen molar-refractivity contribution in [3.63, 3.8) is 0 Å². The molecule has 10 heteroatoms. The van der Waals surface area contributed by atoms with Gasteiger partial charge in [0.1, 0.15) is 12.1 Å². The van der Waals surface area contributed by atoms with E-state index in [0.717, 1.165) is 5.56 Å². The lowest BCUT2D eigenvalue weighted by molar-refractivity contribution is -0.144. The molecule has 1 fully saturated rings. The number of amides is 4. The second kappa shape index (κ2) is 15.0. The molecule has 208 valence electrons. The van der Waals surface area contributed by atoms with Crippen LogP contribution in [0.3, 0.4) is 0 Å². The maximum Gasteiger partial charge on any atom is 0.289 e. The van der Waals surface area contributed by atoms with Crippen molar-refractivity contribution in [2.45, 2.75) is 77.0 Å². The molecule has 1 unspecified atom stereocenters. The molecule has 4 amide bonds. The van der Waals surface area contributed by atoms with E-state index in [2.05, 4.69) is 22.5 Å². The van der Waals surface area contributed by atoms with E-state index in [1.807, 2.05) is 51.1 Å². The number of hydrogen-bond donors (Lipinski definition) is 4. The van der Waals surface area contributed by atoms with Crippen molar-refractivity contribution in [2.75, 3.05) is 13.1 Å². The van der Waals surface area contributed by atoms with E-state index in [4.69, 9.17) is 5.73 Å². The first-order valence-corrected chi connectivity index (χ1v) is 13.2. The molecule has 0 spiro atoms. The van der Waals surface area contributed by atoms with Gasteiger partial charge in [-0.3, -0.25) is 24.0 Å². The van der Waals surface area contributed by atoms with Gasteiger partial charge < -0.3 is 26.6 Å². The quantitative estimate of drug-likeness (QED) is 0.208. The molecule has 1 heterocycles. The number of nitrogens with one attached hydrogen (secondary N) is 3. The van der Waals surface area contributed by atoms with Crippen molar-refractivity contribution in [2.24, 2.45) is 11.7 Å². The van der Waals surface area contributed by atoms with Crippen LogP contribution < -0.4 is 21.7 Å². The topological polar surface area (TPSA) is 151 Å². The molecule has 0 aliphatic carbocycles. The smallest absolute Gasteiger partial charge is 0.289 e. The summed E-state index contributed by atoms with van der Waals surface area (Å²) in [5, 5.41) is 7.90. The van der Waals surface area contributed by atoms with Gasteiger partial charge in [0.2, 0.25) is 23.5 Å². The zero-order valence-corrected chi connectivity index (χ0v) is 22.6. The van der Waals surface area contributed by atoms with Crippen LogP contribution in [0.15, 0.2) is 43.0 Å². The second-order valence-corrected chi connectivity index (χ2v) is 9.93. The van der Waals surface area contributed by atoms with Gasteiger partial charge in [0.15, 0.2) is 0 Å². The lowest BCUT2D eigenvalue weighted by Crippen LogP contribution is -2.58. The zero-order chi connectivity index (χ0) is 28.2. The monoisotopic (exact) mass is 527 g/mol. The summed E-state index contributed by atoms with van der Waals surface area (Å²) >= 11 is 0. The van der Waals surface area contributed by atoms with Crippen LogP contribution in [0.5, 0.6) is 0 Å². The number of ketones is 1. The highest BCUT2D eigenvalue weighted by atomic mass is 16.2. The third-order valence-corrected chi connectivity index (χ3v) is 6.55. The molecule has 5 N–H and O–H groups in total. The first-order chi connectivity index (χ1) is 18.1. The molecule has 1 saturated heterocycles. The third kappa shape index (κ3) is 8.51. The summed E-state index contributed by atoms with van der Waals surface area (Å²) in [7, 11) is 0. The Labute approximate surface area is 224 Å². The van der Waals surface area contributed by atoms with E-state index < -0.39 is 47.7 Å². The van der Waals surface area contributed by atoms with Gasteiger partial charge in [-0.2, -0.15) is 0 Å². The summed E-state index contributed by atoms with van der Waals surface area (Å²) in [5.41, 5.74) is 7.03. The molecule has 0 aromatic heterocycles. The van der Waals surface area contributed by atoms with Crippen LogP contribution >= 0.6 is 0 Å². The maximum atomic E-state index is 13.5. The van der Waals surface area contributed by atoms with Crippen LogP contribution in [0.2, 0.25) is 0 Å². The van der Waals surface area contributed by atoms with Crippen LogP contribution in [0.4, 0.5) is 0 Å². The highest BCUT2D eigenvalue weighted by molar-refractivity contribution is 6.38. The standard InChI is InChI=1S/C28H41N5O5/c1-5-11-21(24(34)27(37)30-15-6-2)31-26(36)22-14-10-16-33(22)28(38)23(18(3)4)32-25(35)20(29)17-19-12-8-7-9-13-19/h6-9,12-13,18,20-23H,2,5,10-11,14-17,29H2,1,3-4H3,(H,30,37)(H,31,36)(H,32,35)/t20-,21?,22-,23-/m0/s1. The van der Waals surface area contributed by atoms with Crippen LogP contribution in [0, 0.1) is 5.92 Å². The lowest BCUT2D eigenvalue weighted by atomic mass is 10.00. The highest BCUT2D eigenvalue weighted by Gasteiger charge is 2.40. The number of hydrogen-bond acceptors (Lipinski definition) is 6. The second-order valence-electron chi connectivity index (χ2n) is 9.93. The SMILES string of the molecule is C=CCNC(=O)C(=O)C(CCC)NC(=O)[C@@H]1CCCN1C(=O)[C@@H](NC(=O)[C@@H](N)Cc1ccccc1)C(C)C. The summed E-state index contributed by atoms with van der Waals surface area (Å²) in [6.45, 7) is 9.46. The van der Waals surface area contributed by atoms with Crippen LogP contribution in [-0.2, 0) is 30.4 Å². The molecule has 1 aliphatic rings. The van der Waals surface area contributed by atoms with Gasteiger partial charge in [0, 0.05) is 13.1 Å². The van der Waals surface area contributed by atoms with E-state index in [-0.39, 0.29) is 24.8 Å². The number of benzene rings is 1. The fourth-order valence-corrected chi connectivity index (χ4v) is 4.45. The highest BCUT2D eigenvalue weighted by Crippen LogP contribution is 2.21. The van der Waals surface area contributed by atoms with Crippen LogP contribution in [-0.4, -0.2) is 71.6 Å². The first kappa shape index (κ1) is 30.7. The predicted molar refractivity (Wildman–Crippen MR) is 145 cm³/mol. The first-order valence-electron chi connectivity index (χ1n) is 13.2. The van der Waals surface area contributed by atoms with Gasteiger partial charge >= 0.3 is 0 Å². The average Bonchev–Trinajstić information content (AvgIpc) is 3.39. The number of Topliss-reactive ketones (excluding diaryl/α,β-unsaturated/α-hetero) is 1. The number of carbonyl (C=O) groups is 5. The summed E-state index contributed by atoms with van der Waals surface area (Å²) in [6, 6.07) is 5.87. The molecule has 0 saturated carbocycles. The summed E-state index contributed by atoms with van der Waals surface area (Å²) < 4.78 is 0. The van der Waals surface area contributed by atoms with E-state index in [1.54, 1.807) is 0 Å². The molecular formula is C28H41N5O5. The van der Waals surface area contributed by atoms with Crippen molar-refractivity contribution < 1.29 is 24.0 Å². The van der Waals surface area contributed by atoms with Crippen molar-refractivity contribution in [1.29, 1.82) is 0 Å². The summed E-state index contributed by atoms with van der Waals surface area (Å²) in [6.07, 6.45) is 3.66. The number of likely N-dealkylation sites (tertiary alicyclic amines) is 1. The summed E-state index contributed by atoms with van der Waals surface area (Å²) in [4.78, 5) is 65.8. The Kier molecular flexibility index (Phi) is 12.1. The Bertz CT molecular complexity index is 997. The molecule has 1 aliphatic heterocycles. The predicted octanol–water partition coefficient (Wildman–Crippen LogP) is 0.844. The Morgan fingerprint density at radius 2 is 1.82 bits per heavy atom. The van der Waals surface area contributed by atoms with E-state index in [1.165, 1.54) is 11.0 Å². The van der Waals surface area contributed by atoms with E-state index >= 15 is 0 Å². The minimum atomic E-state index is -0.994. The number of nitrogens with two attached hydrogens (primary N) is 1. The fraction of sp³-hybridized carbons (Fsp3) is 0.536. The molecule has 2 rings (SSSR count).